The summed E-state index contributed by atoms with van der Waals surface area (Å²) >= 11 is 3.21. The first-order chi connectivity index (χ1) is 9.61. The number of nitrogens with zero attached hydrogens (tertiary/aromatic N) is 1. The lowest BCUT2D eigenvalue weighted by molar-refractivity contribution is 0.0508. The molecule has 1 fully saturated rings. The van der Waals surface area contributed by atoms with Crippen LogP contribution in [-0.2, 0) is 4.74 Å². The van der Waals surface area contributed by atoms with E-state index in [1.807, 2.05) is 4.57 Å². The van der Waals surface area contributed by atoms with Crippen LogP contribution in [0.3, 0.4) is 0 Å². The van der Waals surface area contributed by atoms with Gasteiger partial charge in [0.2, 0.25) is 0 Å². The Morgan fingerprint density at radius 3 is 2.80 bits per heavy atom. The second-order valence-electron chi connectivity index (χ2n) is 5.03. The van der Waals surface area contributed by atoms with Crippen molar-refractivity contribution in [3.8, 4) is 0 Å². The van der Waals surface area contributed by atoms with E-state index in [0.29, 0.717) is 22.8 Å². The molecule has 1 saturated carbocycles. The summed E-state index contributed by atoms with van der Waals surface area (Å²) in [6, 6.07) is 5.23. The molecular formula is C15H15BrFNO2. The van der Waals surface area contributed by atoms with Crippen LogP contribution < -0.4 is 0 Å². The highest BCUT2D eigenvalue weighted by molar-refractivity contribution is 9.10. The van der Waals surface area contributed by atoms with Gasteiger partial charge in [-0.2, -0.15) is 0 Å². The summed E-state index contributed by atoms with van der Waals surface area (Å²) in [6.07, 6.45) is 3.26. The van der Waals surface area contributed by atoms with Gasteiger partial charge in [-0.25, -0.2) is 9.18 Å². The molecule has 2 aromatic rings. The number of ether oxygens (including phenoxy) is 1. The van der Waals surface area contributed by atoms with Crippen molar-refractivity contribution in [1.82, 2.24) is 4.57 Å². The van der Waals surface area contributed by atoms with Crippen LogP contribution in [0.5, 0.6) is 0 Å². The van der Waals surface area contributed by atoms with Crippen LogP contribution in [-0.4, -0.2) is 17.1 Å². The van der Waals surface area contributed by atoms with Crippen molar-refractivity contribution < 1.29 is 13.9 Å². The Morgan fingerprint density at radius 1 is 1.45 bits per heavy atom. The molecule has 0 amide bonds. The van der Waals surface area contributed by atoms with Gasteiger partial charge in [0.15, 0.2) is 0 Å². The third kappa shape index (κ3) is 2.14. The number of aromatic nitrogens is 1. The van der Waals surface area contributed by atoms with Gasteiger partial charge in [0.25, 0.3) is 0 Å². The monoisotopic (exact) mass is 339 g/mol. The number of benzene rings is 1. The third-order valence-electron chi connectivity index (χ3n) is 3.81. The topological polar surface area (TPSA) is 31.2 Å². The molecule has 0 bridgehead atoms. The maximum absolute atomic E-state index is 13.7. The van der Waals surface area contributed by atoms with Gasteiger partial charge in [0, 0.05) is 11.4 Å². The van der Waals surface area contributed by atoms with Gasteiger partial charge in [-0.05, 0) is 60.3 Å². The van der Waals surface area contributed by atoms with Gasteiger partial charge >= 0.3 is 5.97 Å². The lowest BCUT2D eigenvalue weighted by Gasteiger charge is -2.29. The number of halogens is 2. The Morgan fingerprint density at radius 2 is 2.20 bits per heavy atom. The van der Waals surface area contributed by atoms with Gasteiger partial charge in [-0.15, -0.1) is 0 Å². The summed E-state index contributed by atoms with van der Waals surface area (Å²) < 4.78 is 21.2. The fraction of sp³-hybridized carbons (Fsp3) is 0.400. The molecule has 0 atom stereocenters. The summed E-state index contributed by atoms with van der Waals surface area (Å²) in [7, 11) is 0. The van der Waals surface area contributed by atoms with E-state index < -0.39 is 0 Å². The molecule has 0 spiro atoms. The zero-order valence-corrected chi connectivity index (χ0v) is 12.7. The van der Waals surface area contributed by atoms with Gasteiger partial charge in [-0.3, -0.25) is 0 Å². The first-order valence-electron chi connectivity index (χ1n) is 6.79. The number of carbonyl (C=O) groups is 1. The SMILES string of the molecule is CCOC(=O)c1cc2cc(F)c(Br)cc2n1C1CCC1. The van der Waals surface area contributed by atoms with Crippen LogP contribution in [0.1, 0.15) is 42.7 Å². The lowest BCUT2D eigenvalue weighted by atomic mass is 9.92. The molecule has 0 N–H and O–H groups in total. The molecule has 0 unspecified atom stereocenters. The molecule has 1 aliphatic rings. The fourth-order valence-corrected chi connectivity index (χ4v) is 2.95. The van der Waals surface area contributed by atoms with Gasteiger partial charge in [0.05, 0.1) is 16.6 Å². The van der Waals surface area contributed by atoms with Crippen LogP contribution in [0, 0.1) is 5.82 Å². The molecule has 106 valence electrons. The van der Waals surface area contributed by atoms with Crippen LogP contribution in [0.25, 0.3) is 10.9 Å². The normalized spacial score (nSPS) is 15.3. The third-order valence-corrected chi connectivity index (χ3v) is 4.41. The molecule has 5 heteroatoms. The van der Waals surface area contributed by atoms with Gasteiger partial charge < -0.3 is 9.30 Å². The summed E-state index contributed by atoms with van der Waals surface area (Å²) in [5.41, 5.74) is 1.40. The Hall–Kier alpha value is -1.36. The zero-order valence-electron chi connectivity index (χ0n) is 11.2. The van der Waals surface area contributed by atoms with Crippen LogP contribution in [0.15, 0.2) is 22.7 Å². The fourth-order valence-electron chi connectivity index (χ4n) is 2.62. The first kappa shape index (κ1) is 13.6. The Bertz CT molecular complexity index is 676. The minimum absolute atomic E-state index is 0.310. The summed E-state index contributed by atoms with van der Waals surface area (Å²) in [5, 5.41) is 0.737. The van der Waals surface area contributed by atoms with E-state index in [2.05, 4.69) is 15.9 Å². The number of esters is 1. The first-order valence-corrected chi connectivity index (χ1v) is 7.58. The van der Waals surface area contributed by atoms with Crippen molar-refractivity contribution in [2.24, 2.45) is 0 Å². The van der Waals surface area contributed by atoms with Crippen LogP contribution in [0.4, 0.5) is 4.39 Å². The molecule has 20 heavy (non-hydrogen) atoms. The predicted octanol–water partition coefficient (Wildman–Crippen LogP) is 4.44. The maximum Gasteiger partial charge on any atom is 0.354 e. The predicted molar refractivity (Wildman–Crippen MR) is 78.4 cm³/mol. The molecule has 1 heterocycles. The van der Waals surface area contributed by atoms with Gasteiger partial charge in [-0.1, -0.05) is 0 Å². The molecule has 3 rings (SSSR count). The molecule has 1 aromatic heterocycles. The number of hydrogen-bond acceptors (Lipinski definition) is 2. The Balaban J connectivity index is 2.19. The number of fused-ring (bicyclic) bond motifs is 1. The van der Waals surface area contributed by atoms with E-state index in [1.54, 1.807) is 19.1 Å². The minimum Gasteiger partial charge on any atom is -0.461 e. The summed E-state index contributed by atoms with van der Waals surface area (Å²) in [4.78, 5) is 12.1. The maximum atomic E-state index is 13.7. The van der Waals surface area contributed by atoms with Crippen LogP contribution >= 0.6 is 15.9 Å². The average molecular weight is 340 g/mol. The lowest BCUT2D eigenvalue weighted by Crippen LogP contribution is -2.21. The van der Waals surface area contributed by atoms with Crippen molar-refractivity contribution in [2.75, 3.05) is 6.61 Å². The van der Waals surface area contributed by atoms with E-state index in [4.69, 9.17) is 4.74 Å². The van der Waals surface area contributed by atoms with E-state index in [0.717, 1.165) is 30.2 Å². The van der Waals surface area contributed by atoms with Crippen LogP contribution in [0.2, 0.25) is 0 Å². The molecule has 0 radical (unpaired) electrons. The Labute approximate surface area is 124 Å². The standard InChI is InChI=1S/C15H15BrFNO2/c1-2-20-15(19)14-7-9-6-12(17)11(16)8-13(9)18(14)10-4-3-5-10/h6-8,10H,2-5H2,1H3. The molecule has 1 aliphatic carbocycles. The van der Waals surface area contributed by atoms with E-state index >= 15 is 0 Å². The van der Waals surface area contributed by atoms with Crippen molar-refractivity contribution in [3.63, 3.8) is 0 Å². The summed E-state index contributed by atoms with van der Waals surface area (Å²) in [6.45, 7) is 2.12. The average Bonchev–Trinajstić information content (AvgIpc) is 2.68. The highest BCUT2D eigenvalue weighted by Crippen LogP contribution is 2.38. The summed E-state index contributed by atoms with van der Waals surface area (Å²) in [5.74, 6) is -0.661. The molecular weight excluding hydrogens is 325 g/mol. The van der Waals surface area contributed by atoms with Gasteiger partial charge in [0.1, 0.15) is 11.5 Å². The quantitative estimate of drug-likeness (QED) is 0.774. The Kier molecular flexibility index (Phi) is 3.54. The smallest absolute Gasteiger partial charge is 0.354 e. The van der Waals surface area contributed by atoms with Crippen molar-refractivity contribution in [2.45, 2.75) is 32.2 Å². The second kappa shape index (κ2) is 5.20. The molecule has 0 saturated heterocycles. The van der Waals surface area contributed by atoms with Crippen molar-refractivity contribution >= 4 is 32.8 Å². The highest BCUT2D eigenvalue weighted by atomic mass is 79.9. The zero-order chi connectivity index (χ0) is 14.3. The second-order valence-corrected chi connectivity index (χ2v) is 5.88. The molecule has 3 nitrogen and oxygen atoms in total. The number of carbonyl (C=O) groups excluding carboxylic acids is 1. The van der Waals surface area contributed by atoms with E-state index in [1.165, 1.54) is 6.07 Å². The molecule has 1 aromatic carbocycles. The van der Waals surface area contributed by atoms with E-state index in [-0.39, 0.29) is 11.8 Å². The minimum atomic E-state index is -0.341. The highest BCUT2D eigenvalue weighted by Gasteiger charge is 2.27. The van der Waals surface area contributed by atoms with Crippen molar-refractivity contribution in [1.29, 1.82) is 0 Å². The number of hydrogen-bond donors (Lipinski definition) is 0. The number of rotatable bonds is 3. The largest absolute Gasteiger partial charge is 0.461 e. The van der Waals surface area contributed by atoms with Crippen molar-refractivity contribution in [3.05, 3.63) is 34.2 Å². The molecule has 0 aliphatic heterocycles. The van der Waals surface area contributed by atoms with E-state index in [9.17, 15) is 9.18 Å².